The van der Waals surface area contributed by atoms with Crippen molar-refractivity contribution >= 4 is 28.6 Å². The molecule has 2 heterocycles. The van der Waals surface area contributed by atoms with Gasteiger partial charge in [0.05, 0.1) is 0 Å². The molecule has 3 nitrogen and oxygen atoms in total. The Morgan fingerprint density at radius 2 is 2.26 bits per heavy atom. The molecule has 3 atom stereocenters. The Morgan fingerprint density at radius 3 is 3.05 bits per heavy atom. The fraction of sp³-hybridized carbons (Fsp3) is 0.667. The van der Waals surface area contributed by atoms with Crippen molar-refractivity contribution < 1.29 is 9.53 Å². The van der Waals surface area contributed by atoms with Gasteiger partial charge in [-0.05, 0) is 49.0 Å². The number of hydrogen-bond donors (Lipinski definition) is 0. The SMILES string of the molecule is C[C@@H]1CCCCN(C)[C@@H]2C=C(I)C3=CC(=O)O[C@@]31C2. The summed E-state index contributed by atoms with van der Waals surface area (Å²) < 4.78 is 7.04. The van der Waals surface area contributed by atoms with Crippen molar-refractivity contribution in [2.45, 2.75) is 44.2 Å². The highest BCUT2D eigenvalue weighted by Gasteiger charge is 2.52. The van der Waals surface area contributed by atoms with Crippen LogP contribution in [0.1, 0.15) is 32.6 Å². The molecule has 1 saturated heterocycles. The summed E-state index contributed by atoms with van der Waals surface area (Å²) in [6.45, 7) is 3.37. The molecule has 3 aliphatic rings. The minimum absolute atomic E-state index is 0.160. The summed E-state index contributed by atoms with van der Waals surface area (Å²) in [5.74, 6) is 0.240. The first-order chi connectivity index (χ1) is 9.03. The van der Waals surface area contributed by atoms with E-state index in [9.17, 15) is 4.79 Å². The lowest BCUT2D eigenvalue weighted by Gasteiger charge is -2.43. The summed E-state index contributed by atoms with van der Waals surface area (Å²) in [6.07, 6.45) is 8.49. The van der Waals surface area contributed by atoms with Gasteiger partial charge < -0.3 is 4.74 Å². The fourth-order valence-electron chi connectivity index (χ4n) is 3.62. The molecule has 0 amide bonds. The summed E-state index contributed by atoms with van der Waals surface area (Å²) in [4.78, 5) is 14.2. The number of halogens is 1. The second-order valence-electron chi connectivity index (χ2n) is 6.03. The highest BCUT2D eigenvalue weighted by molar-refractivity contribution is 14.1. The topological polar surface area (TPSA) is 29.5 Å². The van der Waals surface area contributed by atoms with Gasteiger partial charge in [0.1, 0.15) is 5.60 Å². The molecule has 0 unspecified atom stereocenters. The van der Waals surface area contributed by atoms with E-state index >= 15 is 0 Å². The number of likely N-dealkylation sites (N-methyl/N-ethyl adjacent to an activating group) is 1. The number of nitrogens with zero attached hydrogens (tertiary/aromatic N) is 1. The second kappa shape index (κ2) is 4.88. The van der Waals surface area contributed by atoms with Crippen LogP contribution in [0.2, 0.25) is 0 Å². The molecule has 0 aromatic heterocycles. The van der Waals surface area contributed by atoms with Gasteiger partial charge in [0.2, 0.25) is 0 Å². The Kier molecular flexibility index (Phi) is 3.50. The lowest BCUT2D eigenvalue weighted by atomic mass is 9.73. The first kappa shape index (κ1) is 13.6. The molecule has 0 aromatic carbocycles. The van der Waals surface area contributed by atoms with Crippen molar-refractivity contribution in [3.05, 3.63) is 21.3 Å². The van der Waals surface area contributed by atoms with Crippen LogP contribution in [0.15, 0.2) is 21.3 Å². The molecule has 0 N–H and O–H groups in total. The minimum Gasteiger partial charge on any atom is -0.451 e. The van der Waals surface area contributed by atoms with E-state index in [2.05, 4.69) is 47.5 Å². The molecule has 0 saturated carbocycles. The van der Waals surface area contributed by atoms with E-state index in [1.807, 2.05) is 0 Å². The third kappa shape index (κ3) is 2.17. The van der Waals surface area contributed by atoms with Crippen LogP contribution in [-0.4, -0.2) is 36.1 Å². The maximum absolute atomic E-state index is 11.8. The largest absolute Gasteiger partial charge is 0.451 e. The van der Waals surface area contributed by atoms with E-state index in [1.165, 1.54) is 16.4 Å². The van der Waals surface area contributed by atoms with Gasteiger partial charge in [-0.3, -0.25) is 4.90 Å². The number of rotatable bonds is 0. The fourth-order valence-corrected chi connectivity index (χ4v) is 4.64. The second-order valence-corrected chi connectivity index (χ2v) is 7.19. The van der Waals surface area contributed by atoms with Crippen molar-refractivity contribution in [1.29, 1.82) is 0 Å². The van der Waals surface area contributed by atoms with Crippen molar-refractivity contribution in [1.82, 2.24) is 4.90 Å². The molecule has 104 valence electrons. The van der Waals surface area contributed by atoms with Crippen LogP contribution >= 0.6 is 22.6 Å². The average molecular weight is 373 g/mol. The van der Waals surface area contributed by atoms with E-state index in [1.54, 1.807) is 6.08 Å². The maximum Gasteiger partial charge on any atom is 0.332 e. The molecule has 19 heavy (non-hydrogen) atoms. The third-order valence-electron chi connectivity index (χ3n) is 4.87. The highest BCUT2D eigenvalue weighted by atomic mass is 127. The van der Waals surface area contributed by atoms with Crippen LogP contribution in [0.4, 0.5) is 0 Å². The summed E-state index contributed by atoms with van der Waals surface area (Å²) >= 11 is 2.36. The van der Waals surface area contributed by atoms with Crippen LogP contribution in [0, 0.1) is 5.92 Å². The van der Waals surface area contributed by atoms with E-state index in [0.29, 0.717) is 12.0 Å². The Hall–Kier alpha value is -0.360. The Morgan fingerprint density at radius 1 is 1.47 bits per heavy atom. The Bertz CT molecular complexity index is 471. The number of hydrogen-bond acceptors (Lipinski definition) is 3. The molecule has 3 rings (SSSR count). The first-order valence-electron chi connectivity index (χ1n) is 7.06. The molecule has 2 bridgehead atoms. The minimum atomic E-state index is -0.369. The molecule has 1 fully saturated rings. The van der Waals surface area contributed by atoms with Gasteiger partial charge in [0.15, 0.2) is 0 Å². The standard InChI is InChI=1S/C15H20INO2/c1-10-5-3-4-6-17(2)11-7-13(16)12-8-14(18)19-15(10,12)9-11/h7-8,10-11H,3-6,9H2,1-2H3/t10-,11-,15-/m1/s1. The summed E-state index contributed by atoms with van der Waals surface area (Å²) in [6, 6.07) is 0.385. The van der Waals surface area contributed by atoms with Crippen molar-refractivity contribution in [3.63, 3.8) is 0 Å². The van der Waals surface area contributed by atoms with E-state index in [-0.39, 0.29) is 11.6 Å². The maximum atomic E-state index is 11.8. The lowest BCUT2D eigenvalue weighted by Crippen LogP contribution is -2.48. The van der Waals surface area contributed by atoms with Crippen molar-refractivity contribution in [2.75, 3.05) is 13.6 Å². The molecular formula is C15H20INO2. The molecule has 2 aliphatic heterocycles. The third-order valence-corrected chi connectivity index (χ3v) is 5.81. The van der Waals surface area contributed by atoms with Gasteiger partial charge >= 0.3 is 5.97 Å². The van der Waals surface area contributed by atoms with Gasteiger partial charge in [0, 0.05) is 33.6 Å². The van der Waals surface area contributed by atoms with E-state index in [0.717, 1.165) is 25.0 Å². The van der Waals surface area contributed by atoms with Gasteiger partial charge in [-0.25, -0.2) is 4.79 Å². The average Bonchev–Trinajstić information content (AvgIpc) is 2.72. The van der Waals surface area contributed by atoms with E-state index < -0.39 is 0 Å². The van der Waals surface area contributed by atoms with Crippen LogP contribution in [0.3, 0.4) is 0 Å². The predicted molar refractivity (Wildman–Crippen MR) is 83.1 cm³/mol. The quantitative estimate of drug-likeness (QED) is 0.483. The molecule has 1 spiro atoms. The van der Waals surface area contributed by atoms with Gasteiger partial charge in [-0.15, -0.1) is 0 Å². The van der Waals surface area contributed by atoms with Gasteiger partial charge in [0.25, 0.3) is 0 Å². The number of ether oxygens (including phenoxy) is 1. The molecule has 0 radical (unpaired) electrons. The van der Waals surface area contributed by atoms with Crippen LogP contribution < -0.4 is 0 Å². The highest BCUT2D eigenvalue weighted by Crippen LogP contribution is 2.50. The lowest BCUT2D eigenvalue weighted by molar-refractivity contribution is -0.151. The number of carbonyl (C=O) groups is 1. The Labute approximate surface area is 128 Å². The van der Waals surface area contributed by atoms with Gasteiger partial charge in [-0.1, -0.05) is 19.4 Å². The zero-order chi connectivity index (χ0) is 13.6. The predicted octanol–water partition coefficient (Wildman–Crippen LogP) is 3.05. The van der Waals surface area contributed by atoms with Crippen LogP contribution in [0.5, 0.6) is 0 Å². The summed E-state index contributed by atoms with van der Waals surface area (Å²) in [5, 5.41) is 0. The monoisotopic (exact) mass is 373 g/mol. The van der Waals surface area contributed by atoms with Crippen molar-refractivity contribution in [3.8, 4) is 0 Å². The van der Waals surface area contributed by atoms with Crippen LogP contribution in [0.25, 0.3) is 0 Å². The van der Waals surface area contributed by atoms with Gasteiger partial charge in [-0.2, -0.15) is 0 Å². The number of fused-ring (bicyclic) bond motifs is 1. The zero-order valence-electron chi connectivity index (χ0n) is 11.5. The number of carbonyl (C=O) groups excluding carboxylic acids is 1. The Balaban J connectivity index is 2.07. The first-order valence-corrected chi connectivity index (χ1v) is 8.14. The summed E-state index contributed by atoms with van der Waals surface area (Å²) in [5.41, 5.74) is 0.753. The molecule has 0 aromatic rings. The molecule has 1 aliphatic carbocycles. The normalized spacial score (nSPS) is 39.4. The molecule has 4 heteroatoms. The molecular weight excluding hydrogens is 353 g/mol. The van der Waals surface area contributed by atoms with Crippen molar-refractivity contribution in [2.24, 2.45) is 5.92 Å². The zero-order valence-corrected chi connectivity index (χ0v) is 13.6. The summed E-state index contributed by atoms with van der Waals surface area (Å²) in [7, 11) is 2.18. The number of esters is 1. The van der Waals surface area contributed by atoms with E-state index in [4.69, 9.17) is 4.74 Å². The van der Waals surface area contributed by atoms with Crippen LogP contribution in [-0.2, 0) is 9.53 Å². The smallest absolute Gasteiger partial charge is 0.332 e.